The van der Waals surface area contributed by atoms with E-state index in [4.69, 9.17) is 4.74 Å². The molecule has 3 unspecified atom stereocenters. The van der Waals surface area contributed by atoms with Crippen molar-refractivity contribution < 1.29 is 27.5 Å². The fourth-order valence-corrected chi connectivity index (χ4v) is 3.86. The van der Waals surface area contributed by atoms with Crippen LogP contribution in [-0.4, -0.2) is 56.1 Å². The number of carbonyl (C=O) groups excluding carboxylic acids is 2. The summed E-state index contributed by atoms with van der Waals surface area (Å²) in [5.74, 6) is 1.55. The average molecular weight is 413 g/mol. The Morgan fingerprint density at radius 3 is 2.66 bits per heavy atom. The monoisotopic (exact) mass is 413 g/mol. The number of hydrogen-bond acceptors (Lipinski definition) is 4. The van der Waals surface area contributed by atoms with Gasteiger partial charge in [0.15, 0.2) is 0 Å². The number of fused-ring (bicyclic) bond motifs is 1. The van der Waals surface area contributed by atoms with E-state index in [9.17, 15) is 22.8 Å². The Bertz CT molecular complexity index is 698. The lowest BCUT2D eigenvalue weighted by Crippen LogP contribution is -2.40. The molecule has 0 aromatic heterocycles. The molecule has 160 valence electrons. The molecule has 1 aromatic carbocycles. The zero-order valence-electron chi connectivity index (χ0n) is 16.1. The summed E-state index contributed by atoms with van der Waals surface area (Å²) in [6.07, 6.45) is 0.0352. The van der Waals surface area contributed by atoms with Crippen LogP contribution in [0.3, 0.4) is 0 Å². The number of benzene rings is 1. The van der Waals surface area contributed by atoms with Crippen molar-refractivity contribution in [1.29, 1.82) is 0 Å². The first-order valence-corrected chi connectivity index (χ1v) is 9.82. The van der Waals surface area contributed by atoms with Crippen LogP contribution in [0.1, 0.15) is 24.8 Å². The van der Waals surface area contributed by atoms with Gasteiger partial charge in [0.25, 0.3) is 0 Å². The average Bonchev–Trinajstić information content (AvgIpc) is 3.32. The van der Waals surface area contributed by atoms with Gasteiger partial charge in [0.1, 0.15) is 0 Å². The van der Waals surface area contributed by atoms with E-state index in [1.807, 2.05) is 0 Å². The van der Waals surface area contributed by atoms with Crippen LogP contribution in [0.25, 0.3) is 0 Å². The Hall–Kier alpha value is -2.13. The van der Waals surface area contributed by atoms with Gasteiger partial charge in [-0.25, -0.2) is 0 Å². The van der Waals surface area contributed by atoms with Gasteiger partial charge in [-0.05, 0) is 49.3 Å². The van der Waals surface area contributed by atoms with Crippen molar-refractivity contribution in [3.8, 4) is 0 Å². The van der Waals surface area contributed by atoms with Gasteiger partial charge in [0, 0.05) is 31.4 Å². The summed E-state index contributed by atoms with van der Waals surface area (Å²) < 4.78 is 42.5. The number of carbonyl (C=O) groups is 2. The molecule has 0 radical (unpaired) electrons. The van der Waals surface area contributed by atoms with Crippen LogP contribution >= 0.6 is 0 Å². The fourth-order valence-electron chi connectivity index (χ4n) is 3.86. The maximum absolute atomic E-state index is 12.3. The van der Waals surface area contributed by atoms with Crippen LogP contribution in [-0.2, 0) is 20.5 Å². The molecule has 2 amide bonds. The number of ether oxygens (including phenoxy) is 1. The number of alkyl halides is 3. The van der Waals surface area contributed by atoms with Crippen molar-refractivity contribution in [3.05, 3.63) is 29.8 Å². The summed E-state index contributed by atoms with van der Waals surface area (Å²) in [4.78, 5) is 23.7. The van der Waals surface area contributed by atoms with Crippen molar-refractivity contribution in [3.63, 3.8) is 0 Å². The molecular weight excluding hydrogens is 387 g/mol. The Balaban J connectivity index is 0.000000174. The summed E-state index contributed by atoms with van der Waals surface area (Å²) in [6.45, 7) is 4.45. The highest BCUT2D eigenvalue weighted by Crippen LogP contribution is 2.46. The van der Waals surface area contributed by atoms with Gasteiger partial charge in [-0.2, -0.15) is 13.2 Å². The smallest absolute Gasteiger partial charge is 0.380 e. The van der Waals surface area contributed by atoms with Crippen molar-refractivity contribution in [2.45, 2.75) is 31.5 Å². The molecule has 0 spiro atoms. The SMILES string of the molecule is C1COCC(N2CC3CC3C2)C1.O=CNCC(=O)Nc1cccc(C(F)(F)F)c1. The zero-order valence-corrected chi connectivity index (χ0v) is 16.1. The summed E-state index contributed by atoms with van der Waals surface area (Å²) >= 11 is 0. The number of halogens is 3. The summed E-state index contributed by atoms with van der Waals surface area (Å²) in [6, 6.07) is 5.00. The molecule has 6 nitrogen and oxygen atoms in total. The fraction of sp³-hybridized carbons (Fsp3) is 0.600. The van der Waals surface area contributed by atoms with E-state index in [2.05, 4.69) is 15.5 Å². The molecular formula is C20H26F3N3O3. The number of anilines is 1. The van der Waals surface area contributed by atoms with Gasteiger partial charge >= 0.3 is 6.18 Å². The quantitative estimate of drug-likeness (QED) is 0.728. The normalized spacial score (nSPS) is 26.0. The van der Waals surface area contributed by atoms with Gasteiger partial charge in [0.2, 0.25) is 12.3 Å². The van der Waals surface area contributed by atoms with E-state index in [1.54, 1.807) is 0 Å². The molecule has 2 heterocycles. The Kier molecular flexibility index (Phi) is 7.13. The Labute approximate surface area is 167 Å². The Morgan fingerprint density at radius 2 is 2.03 bits per heavy atom. The lowest BCUT2D eigenvalue weighted by Gasteiger charge is -2.31. The number of nitrogens with one attached hydrogen (secondary N) is 2. The minimum atomic E-state index is -4.46. The third-order valence-electron chi connectivity index (χ3n) is 5.48. The van der Waals surface area contributed by atoms with Crippen LogP contribution < -0.4 is 10.6 Å². The van der Waals surface area contributed by atoms with Crippen LogP contribution in [0.2, 0.25) is 0 Å². The van der Waals surface area contributed by atoms with E-state index in [1.165, 1.54) is 44.5 Å². The molecule has 29 heavy (non-hydrogen) atoms. The molecule has 2 N–H and O–H groups in total. The van der Waals surface area contributed by atoms with Crippen molar-refractivity contribution in [2.24, 2.45) is 11.8 Å². The summed E-state index contributed by atoms with van der Waals surface area (Å²) in [5, 5.41) is 4.33. The molecule has 2 aliphatic heterocycles. The number of piperidine rings is 1. The van der Waals surface area contributed by atoms with Gasteiger partial charge in [-0.15, -0.1) is 0 Å². The van der Waals surface area contributed by atoms with Gasteiger partial charge < -0.3 is 15.4 Å². The molecule has 2 saturated heterocycles. The third-order valence-corrected chi connectivity index (χ3v) is 5.48. The van der Waals surface area contributed by atoms with Crippen LogP contribution in [0.15, 0.2) is 24.3 Å². The van der Waals surface area contributed by atoms with E-state index in [-0.39, 0.29) is 12.2 Å². The van der Waals surface area contributed by atoms with Gasteiger partial charge in [0.05, 0.1) is 18.7 Å². The summed E-state index contributed by atoms with van der Waals surface area (Å²) in [7, 11) is 0. The van der Waals surface area contributed by atoms with Gasteiger partial charge in [-0.3, -0.25) is 14.5 Å². The minimum absolute atomic E-state index is 0.0255. The number of rotatable bonds is 5. The minimum Gasteiger partial charge on any atom is -0.380 e. The topological polar surface area (TPSA) is 70.7 Å². The van der Waals surface area contributed by atoms with Crippen LogP contribution in [0, 0.1) is 11.8 Å². The highest BCUT2D eigenvalue weighted by molar-refractivity contribution is 5.93. The predicted octanol–water partition coefficient (Wildman–Crippen LogP) is 2.51. The van der Waals surface area contributed by atoms with Crippen LogP contribution in [0.5, 0.6) is 0 Å². The second kappa shape index (κ2) is 9.58. The van der Waals surface area contributed by atoms with Crippen LogP contribution in [0.4, 0.5) is 18.9 Å². The molecule has 1 aromatic rings. The molecule has 3 fully saturated rings. The van der Waals surface area contributed by atoms with E-state index < -0.39 is 17.6 Å². The second-order valence-electron chi connectivity index (χ2n) is 7.71. The lowest BCUT2D eigenvalue weighted by molar-refractivity contribution is -0.137. The standard InChI is InChI=1S/C10H9F3N2O2.C10H17NO/c11-10(12,13)7-2-1-3-8(4-7)15-9(17)5-14-6-16;1-2-10(7-12-3-1)11-5-8-4-9(8)6-11/h1-4,6H,5H2,(H,14,16)(H,15,17);8-10H,1-7H2. The molecule has 3 atom stereocenters. The largest absolute Gasteiger partial charge is 0.416 e. The van der Waals surface area contributed by atoms with Crippen molar-refractivity contribution in [1.82, 2.24) is 10.2 Å². The molecule has 9 heteroatoms. The highest BCUT2D eigenvalue weighted by atomic mass is 19.4. The zero-order chi connectivity index (χ0) is 20.9. The molecule has 0 bridgehead atoms. The predicted molar refractivity (Wildman–Crippen MR) is 101 cm³/mol. The third kappa shape index (κ3) is 6.43. The maximum atomic E-state index is 12.3. The first-order valence-electron chi connectivity index (χ1n) is 9.82. The maximum Gasteiger partial charge on any atom is 0.416 e. The number of likely N-dealkylation sites (tertiary alicyclic amines) is 1. The molecule has 1 aliphatic carbocycles. The Morgan fingerprint density at radius 1 is 1.28 bits per heavy atom. The van der Waals surface area contributed by atoms with E-state index in [0.717, 1.165) is 43.2 Å². The lowest BCUT2D eigenvalue weighted by atomic mass is 10.1. The highest BCUT2D eigenvalue weighted by Gasteiger charge is 2.46. The molecule has 1 saturated carbocycles. The van der Waals surface area contributed by atoms with E-state index in [0.29, 0.717) is 6.41 Å². The first kappa shape index (κ1) is 21.6. The summed E-state index contributed by atoms with van der Waals surface area (Å²) in [5.41, 5.74) is -0.823. The van der Waals surface area contributed by atoms with Crippen molar-refractivity contribution in [2.75, 3.05) is 38.2 Å². The van der Waals surface area contributed by atoms with E-state index >= 15 is 0 Å². The molecule has 4 rings (SSSR count). The first-order chi connectivity index (χ1) is 13.9. The van der Waals surface area contributed by atoms with Crippen molar-refractivity contribution >= 4 is 18.0 Å². The number of hydrogen-bond donors (Lipinski definition) is 2. The molecule has 3 aliphatic rings. The number of amides is 2. The number of nitrogens with zero attached hydrogens (tertiary/aromatic N) is 1. The van der Waals surface area contributed by atoms with Gasteiger partial charge in [-0.1, -0.05) is 6.07 Å². The second-order valence-corrected chi connectivity index (χ2v) is 7.71.